The molecule has 2 aromatic rings. The van der Waals surface area contributed by atoms with Crippen molar-refractivity contribution in [2.24, 2.45) is 5.92 Å². The van der Waals surface area contributed by atoms with E-state index in [1.807, 2.05) is 26.8 Å². The SMILES string of the molecule is Cc1c(Oc2cnc(C(=O)N[C@@H](CO)C(C)C)cn2)ccc2c1B(O)OC2. The van der Waals surface area contributed by atoms with Gasteiger partial charge in [-0.2, -0.15) is 0 Å². The number of rotatable bonds is 6. The van der Waals surface area contributed by atoms with Crippen LogP contribution in [0.4, 0.5) is 0 Å². The fourth-order valence-electron chi connectivity index (χ4n) is 2.86. The van der Waals surface area contributed by atoms with Gasteiger partial charge in [-0.05, 0) is 35.5 Å². The Morgan fingerprint density at radius 2 is 2.15 bits per heavy atom. The Morgan fingerprint density at radius 1 is 1.37 bits per heavy atom. The molecule has 0 saturated carbocycles. The molecule has 0 radical (unpaired) electrons. The summed E-state index contributed by atoms with van der Waals surface area (Å²) >= 11 is 0. The second-order valence-electron chi connectivity index (χ2n) is 6.77. The molecule has 2 heterocycles. The third-order valence-corrected chi connectivity index (χ3v) is 4.59. The van der Waals surface area contributed by atoms with Crippen LogP contribution in [0.2, 0.25) is 0 Å². The van der Waals surface area contributed by atoms with Gasteiger partial charge in [-0.15, -0.1) is 0 Å². The second-order valence-corrected chi connectivity index (χ2v) is 6.77. The molecule has 1 aromatic carbocycles. The number of carbonyl (C=O) groups excluding carboxylic acids is 1. The molecule has 1 aliphatic rings. The fourth-order valence-corrected chi connectivity index (χ4v) is 2.86. The second kappa shape index (κ2) is 8.04. The van der Waals surface area contributed by atoms with E-state index in [0.717, 1.165) is 11.1 Å². The summed E-state index contributed by atoms with van der Waals surface area (Å²) in [5.41, 5.74) is 2.54. The number of aromatic nitrogens is 2. The maximum Gasteiger partial charge on any atom is 0.492 e. The van der Waals surface area contributed by atoms with E-state index in [0.29, 0.717) is 17.8 Å². The average molecular weight is 371 g/mol. The Morgan fingerprint density at radius 3 is 2.78 bits per heavy atom. The van der Waals surface area contributed by atoms with E-state index in [2.05, 4.69) is 15.3 Å². The highest BCUT2D eigenvalue weighted by Crippen LogP contribution is 2.25. The van der Waals surface area contributed by atoms with Crippen molar-refractivity contribution in [3.8, 4) is 11.6 Å². The van der Waals surface area contributed by atoms with Crippen LogP contribution in [0.5, 0.6) is 11.6 Å². The van der Waals surface area contributed by atoms with Gasteiger partial charge in [0.1, 0.15) is 11.4 Å². The van der Waals surface area contributed by atoms with Gasteiger partial charge in [-0.1, -0.05) is 19.9 Å². The van der Waals surface area contributed by atoms with Crippen LogP contribution < -0.4 is 15.5 Å². The van der Waals surface area contributed by atoms with Gasteiger partial charge in [-0.25, -0.2) is 9.97 Å². The lowest BCUT2D eigenvalue weighted by Gasteiger charge is -2.19. The van der Waals surface area contributed by atoms with Gasteiger partial charge in [0.25, 0.3) is 5.91 Å². The summed E-state index contributed by atoms with van der Waals surface area (Å²) < 4.78 is 11.0. The van der Waals surface area contributed by atoms with Gasteiger partial charge >= 0.3 is 7.12 Å². The largest absolute Gasteiger partial charge is 0.492 e. The van der Waals surface area contributed by atoms with Crippen molar-refractivity contribution in [2.45, 2.75) is 33.4 Å². The Hall–Kier alpha value is -2.49. The summed E-state index contributed by atoms with van der Waals surface area (Å²) in [5, 5.41) is 21.9. The van der Waals surface area contributed by atoms with Gasteiger partial charge in [-0.3, -0.25) is 4.79 Å². The molecule has 1 aromatic heterocycles. The van der Waals surface area contributed by atoms with Crippen molar-refractivity contribution in [2.75, 3.05) is 6.61 Å². The molecular formula is C18H22BN3O5. The number of ether oxygens (including phenoxy) is 1. The number of hydrogen-bond acceptors (Lipinski definition) is 7. The Kier molecular flexibility index (Phi) is 5.74. The van der Waals surface area contributed by atoms with E-state index in [4.69, 9.17) is 9.39 Å². The first-order valence-electron chi connectivity index (χ1n) is 8.74. The fraction of sp³-hybridized carbons (Fsp3) is 0.389. The molecule has 3 N–H and O–H groups in total. The van der Waals surface area contributed by atoms with Crippen LogP contribution in [0.25, 0.3) is 0 Å². The monoisotopic (exact) mass is 371 g/mol. The minimum absolute atomic E-state index is 0.0941. The summed E-state index contributed by atoms with van der Waals surface area (Å²) in [5.74, 6) is 0.447. The number of benzene rings is 1. The smallest absolute Gasteiger partial charge is 0.437 e. The lowest BCUT2D eigenvalue weighted by Crippen LogP contribution is -2.41. The summed E-state index contributed by atoms with van der Waals surface area (Å²) in [6.45, 7) is 5.87. The van der Waals surface area contributed by atoms with E-state index in [-0.39, 0.29) is 30.1 Å². The van der Waals surface area contributed by atoms with E-state index in [9.17, 15) is 14.9 Å². The number of fused-ring (bicyclic) bond motifs is 1. The van der Waals surface area contributed by atoms with Crippen molar-refractivity contribution < 1.29 is 24.3 Å². The summed E-state index contributed by atoms with van der Waals surface area (Å²) in [7, 11) is -0.957. The Bertz CT molecular complexity index is 828. The molecule has 1 atom stereocenters. The molecule has 0 fully saturated rings. The quantitative estimate of drug-likeness (QED) is 0.635. The predicted octanol–water partition coefficient (Wildman–Crippen LogP) is 0.542. The van der Waals surface area contributed by atoms with Crippen molar-refractivity contribution >= 4 is 18.5 Å². The first kappa shape index (κ1) is 19.3. The lowest BCUT2D eigenvalue weighted by molar-refractivity contribution is 0.0891. The molecule has 8 nitrogen and oxygen atoms in total. The first-order valence-corrected chi connectivity index (χ1v) is 8.74. The van der Waals surface area contributed by atoms with Crippen molar-refractivity contribution in [1.82, 2.24) is 15.3 Å². The normalized spacial score (nSPS) is 14.2. The molecule has 142 valence electrons. The third kappa shape index (κ3) is 4.10. The summed E-state index contributed by atoms with van der Waals surface area (Å²) in [6, 6.07) is 3.27. The lowest BCUT2D eigenvalue weighted by atomic mass is 9.76. The number of nitrogens with zero attached hydrogens (tertiary/aromatic N) is 2. The van der Waals surface area contributed by atoms with Crippen LogP contribution in [-0.4, -0.2) is 45.8 Å². The van der Waals surface area contributed by atoms with Crippen molar-refractivity contribution in [3.63, 3.8) is 0 Å². The minimum atomic E-state index is -0.957. The number of amides is 1. The van der Waals surface area contributed by atoms with E-state index >= 15 is 0 Å². The third-order valence-electron chi connectivity index (χ3n) is 4.59. The molecular weight excluding hydrogens is 349 g/mol. The zero-order chi connectivity index (χ0) is 19.6. The highest BCUT2D eigenvalue weighted by atomic mass is 16.5. The standard InChI is InChI=1S/C18H22BN3O5/c1-10(2)14(8-23)22-18(24)13-6-21-16(7-20-13)27-15-5-4-12-9-26-19(25)17(12)11(15)3/h4-7,10,14,23,25H,8-9H2,1-3H3,(H,22,24)/t14-/m0/s1. The summed E-state index contributed by atoms with van der Waals surface area (Å²) in [6.07, 6.45) is 2.68. The van der Waals surface area contributed by atoms with Crippen LogP contribution >= 0.6 is 0 Å². The van der Waals surface area contributed by atoms with E-state index in [1.165, 1.54) is 12.4 Å². The minimum Gasteiger partial charge on any atom is -0.437 e. The molecule has 0 spiro atoms. The van der Waals surface area contributed by atoms with Gasteiger partial charge < -0.3 is 24.8 Å². The van der Waals surface area contributed by atoms with Crippen LogP contribution in [0.1, 0.15) is 35.5 Å². The molecule has 0 bridgehead atoms. The zero-order valence-electron chi connectivity index (χ0n) is 15.5. The van der Waals surface area contributed by atoms with Gasteiger partial charge in [0.05, 0.1) is 31.6 Å². The zero-order valence-corrected chi connectivity index (χ0v) is 15.5. The molecule has 0 saturated heterocycles. The van der Waals surface area contributed by atoms with Gasteiger partial charge in [0.2, 0.25) is 5.88 Å². The van der Waals surface area contributed by atoms with Gasteiger partial charge in [0, 0.05) is 0 Å². The topological polar surface area (TPSA) is 114 Å². The van der Waals surface area contributed by atoms with Crippen molar-refractivity contribution in [3.05, 3.63) is 41.3 Å². The molecule has 27 heavy (non-hydrogen) atoms. The number of aliphatic hydroxyl groups is 1. The van der Waals surface area contributed by atoms with Gasteiger partial charge in [0.15, 0.2) is 0 Å². The molecule has 0 unspecified atom stereocenters. The highest BCUT2D eigenvalue weighted by Gasteiger charge is 2.30. The maximum absolute atomic E-state index is 12.2. The molecule has 3 rings (SSSR count). The van der Waals surface area contributed by atoms with Crippen LogP contribution in [0, 0.1) is 12.8 Å². The molecule has 9 heteroatoms. The van der Waals surface area contributed by atoms with Crippen LogP contribution in [-0.2, 0) is 11.3 Å². The average Bonchev–Trinajstić information content (AvgIpc) is 3.03. The Labute approximate surface area is 157 Å². The number of nitrogens with one attached hydrogen (secondary N) is 1. The number of carbonyl (C=O) groups is 1. The highest BCUT2D eigenvalue weighted by molar-refractivity contribution is 6.62. The first-order chi connectivity index (χ1) is 12.9. The molecule has 1 aliphatic heterocycles. The van der Waals surface area contributed by atoms with E-state index in [1.54, 1.807) is 6.07 Å². The maximum atomic E-state index is 12.2. The Balaban J connectivity index is 1.72. The predicted molar refractivity (Wildman–Crippen MR) is 98.9 cm³/mol. The van der Waals surface area contributed by atoms with Crippen LogP contribution in [0.3, 0.4) is 0 Å². The molecule has 1 amide bonds. The number of aliphatic hydroxyl groups excluding tert-OH is 1. The number of hydrogen-bond donors (Lipinski definition) is 3. The van der Waals surface area contributed by atoms with E-state index < -0.39 is 13.0 Å². The molecule has 0 aliphatic carbocycles. The van der Waals surface area contributed by atoms with Crippen LogP contribution in [0.15, 0.2) is 24.5 Å². The summed E-state index contributed by atoms with van der Waals surface area (Å²) in [4.78, 5) is 20.4. The van der Waals surface area contributed by atoms with Crippen molar-refractivity contribution in [1.29, 1.82) is 0 Å².